The van der Waals surface area contributed by atoms with Crippen molar-refractivity contribution in [2.24, 2.45) is 5.50 Å². The van der Waals surface area contributed by atoms with Crippen molar-refractivity contribution < 1.29 is 23.1 Å². The molecule has 0 spiro atoms. The number of halogens is 2. The molecule has 0 aliphatic rings. The van der Waals surface area contributed by atoms with Crippen LogP contribution >= 0.6 is 30.9 Å². The van der Waals surface area contributed by atoms with Crippen molar-refractivity contribution in [2.45, 2.75) is 38.9 Å². The molecule has 2 atom stereocenters. The van der Waals surface area contributed by atoms with Gasteiger partial charge in [-0.15, -0.1) is 23.2 Å². The van der Waals surface area contributed by atoms with Gasteiger partial charge in [0.1, 0.15) is 0 Å². The van der Waals surface area contributed by atoms with Gasteiger partial charge in [0.25, 0.3) is 0 Å². The van der Waals surface area contributed by atoms with Gasteiger partial charge in [-0.25, -0.2) is 10.1 Å². The Morgan fingerprint density at radius 3 is 1.62 bits per heavy atom. The van der Waals surface area contributed by atoms with Crippen molar-refractivity contribution in [1.29, 1.82) is 0 Å². The molecule has 6 nitrogen and oxygen atoms in total. The molecule has 0 rings (SSSR count). The van der Waals surface area contributed by atoms with Crippen LogP contribution in [0.3, 0.4) is 0 Å². The second-order valence-corrected chi connectivity index (χ2v) is 6.59. The first kappa shape index (κ1) is 21.6. The number of alkyl halides is 2. The molecule has 128 valence electrons. The maximum atomic E-state index is 12.0. The highest BCUT2D eigenvalue weighted by Crippen LogP contribution is 2.39. The molecule has 0 aromatic carbocycles. The van der Waals surface area contributed by atoms with Crippen molar-refractivity contribution in [2.75, 3.05) is 38.2 Å². The molecular weight excluding hydrogens is 340 g/mol. The van der Waals surface area contributed by atoms with Gasteiger partial charge in [0.2, 0.25) is 0 Å². The number of rotatable bonds is 14. The van der Waals surface area contributed by atoms with E-state index in [1.165, 1.54) is 0 Å². The summed E-state index contributed by atoms with van der Waals surface area (Å²) in [5.74, 6) is 0.845. The predicted octanol–water partition coefficient (Wildman–Crippen LogP) is 3.15. The summed E-state index contributed by atoms with van der Waals surface area (Å²) in [6.45, 7) is 4.90. The Labute approximate surface area is 137 Å². The van der Waals surface area contributed by atoms with E-state index >= 15 is 0 Å². The molecule has 0 aliphatic carbocycles. The summed E-state index contributed by atoms with van der Waals surface area (Å²) in [6, 6.07) is 0. The van der Waals surface area contributed by atoms with E-state index in [-0.39, 0.29) is 25.4 Å². The fraction of sp³-hybridized carbons (Fsp3) is 1.00. The maximum Gasteiger partial charge on any atom is 0.403 e. The topological polar surface area (TPSA) is 80.0 Å². The minimum Gasteiger partial charge on any atom is -0.376 e. The molecule has 2 unspecified atom stereocenters. The van der Waals surface area contributed by atoms with Crippen LogP contribution in [0.2, 0.25) is 0 Å². The highest BCUT2D eigenvalue weighted by atomic mass is 35.5. The average Bonchev–Trinajstić information content (AvgIpc) is 2.43. The largest absolute Gasteiger partial charge is 0.403 e. The lowest BCUT2D eigenvalue weighted by Crippen LogP contribution is -2.24. The number of hydrogen-bond donors (Lipinski definition) is 1. The summed E-state index contributed by atoms with van der Waals surface area (Å²) in [5.41, 5.74) is 5.53. The molecule has 0 bridgehead atoms. The fourth-order valence-electron chi connectivity index (χ4n) is 1.56. The van der Waals surface area contributed by atoms with Gasteiger partial charge in [0.15, 0.2) is 0 Å². The minimum absolute atomic E-state index is 0.0726. The van der Waals surface area contributed by atoms with Crippen LogP contribution in [0.1, 0.15) is 26.7 Å². The van der Waals surface area contributed by atoms with E-state index in [0.29, 0.717) is 37.8 Å². The standard InChI is InChI=1S/C12H26Cl2NO5P/c1-3-17-11(5-7-13)9-19-21(15,16)20-10-12(6-8-14)18-4-2/h11-12H,3-10H2,1-2H3,(H2,15,16). The van der Waals surface area contributed by atoms with Gasteiger partial charge in [0.05, 0.1) is 25.4 Å². The molecule has 0 amide bonds. The summed E-state index contributed by atoms with van der Waals surface area (Å²) < 4.78 is 33.1. The second kappa shape index (κ2) is 13.1. The van der Waals surface area contributed by atoms with Crippen LogP contribution in [0.25, 0.3) is 0 Å². The van der Waals surface area contributed by atoms with Gasteiger partial charge in [-0.2, -0.15) is 0 Å². The second-order valence-electron chi connectivity index (χ2n) is 4.24. The maximum absolute atomic E-state index is 12.0. The molecular formula is C12H26Cl2NO5P. The fourth-order valence-corrected chi connectivity index (χ4v) is 2.87. The van der Waals surface area contributed by atoms with Crippen LogP contribution in [0.5, 0.6) is 0 Å². The van der Waals surface area contributed by atoms with Gasteiger partial charge in [-0.3, -0.25) is 9.05 Å². The van der Waals surface area contributed by atoms with E-state index in [1.54, 1.807) is 0 Å². The molecule has 0 aromatic heterocycles. The van der Waals surface area contributed by atoms with Gasteiger partial charge in [-0.1, -0.05) is 0 Å². The van der Waals surface area contributed by atoms with Crippen LogP contribution in [0.4, 0.5) is 0 Å². The van der Waals surface area contributed by atoms with E-state index in [9.17, 15) is 4.57 Å². The normalized spacial score (nSPS) is 17.4. The van der Waals surface area contributed by atoms with E-state index < -0.39 is 7.75 Å². The summed E-state index contributed by atoms with van der Waals surface area (Å²) in [5, 5.41) is 0. The van der Waals surface area contributed by atoms with Crippen molar-refractivity contribution in [3.63, 3.8) is 0 Å². The highest BCUT2D eigenvalue weighted by Gasteiger charge is 2.23. The highest BCUT2D eigenvalue weighted by molar-refractivity contribution is 7.51. The zero-order valence-electron chi connectivity index (χ0n) is 12.6. The zero-order valence-corrected chi connectivity index (χ0v) is 15.0. The first-order valence-electron chi connectivity index (χ1n) is 7.01. The zero-order chi connectivity index (χ0) is 16.1. The van der Waals surface area contributed by atoms with Gasteiger partial charge >= 0.3 is 7.75 Å². The molecule has 0 saturated carbocycles. The Kier molecular flexibility index (Phi) is 13.5. The minimum atomic E-state index is -3.64. The third kappa shape index (κ3) is 11.8. The smallest absolute Gasteiger partial charge is 0.376 e. The number of ether oxygens (including phenoxy) is 2. The van der Waals surface area contributed by atoms with Crippen LogP contribution < -0.4 is 5.50 Å². The average molecular weight is 366 g/mol. The van der Waals surface area contributed by atoms with Crippen LogP contribution in [-0.4, -0.2) is 50.4 Å². The van der Waals surface area contributed by atoms with E-state index in [2.05, 4.69) is 0 Å². The van der Waals surface area contributed by atoms with Crippen molar-refractivity contribution in [3.8, 4) is 0 Å². The van der Waals surface area contributed by atoms with Gasteiger partial charge in [-0.05, 0) is 26.7 Å². The number of nitrogens with two attached hydrogens (primary N) is 1. The first-order valence-corrected chi connectivity index (χ1v) is 9.69. The SMILES string of the molecule is CCOC(CCCl)COP(N)(=O)OCC(CCCl)OCC. The monoisotopic (exact) mass is 365 g/mol. The summed E-state index contributed by atoms with van der Waals surface area (Å²) in [6.07, 6.45) is 0.670. The molecule has 0 radical (unpaired) electrons. The molecule has 0 fully saturated rings. The Hall–Kier alpha value is 0.610. The first-order chi connectivity index (χ1) is 9.99. The summed E-state index contributed by atoms with van der Waals surface area (Å²) in [7, 11) is -3.64. The molecule has 0 heterocycles. The van der Waals surface area contributed by atoms with Gasteiger partial charge in [0, 0.05) is 25.0 Å². The predicted molar refractivity (Wildman–Crippen MR) is 85.2 cm³/mol. The van der Waals surface area contributed by atoms with E-state index in [4.69, 9.17) is 47.2 Å². The lowest BCUT2D eigenvalue weighted by molar-refractivity contribution is 0.00561. The lowest BCUT2D eigenvalue weighted by atomic mass is 10.3. The Balaban J connectivity index is 4.18. The molecule has 0 aromatic rings. The molecule has 21 heavy (non-hydrogen) atoms. The van der Waals surface area contributed by atoms with Crippen molar-refractivity contribution >= 4 is 30.9 Å². The van der Waals surface area contributed by atoms with Crippen molar-refractivity contribution in [1.82, 2.24) is 0 Å². The van der Waals surface area contributed by atoms with Crippen molar-refractivity contribution in [3.05, 3.63) is 0 Å². The molecule has 0 aliphatic heterocycles. The lowest BCUT2D eigenvalue weighted by Gasteiger charge is -2.21. The molecule has 0 saturated heterocycles. The molecule has 9 heteroatoms. The van der Waals surface area contributed by atoms with E-state index in [1.807, 2.05) is 13.8 Å². The summed E-state index contributed by atoms with van der Waals surface area (Å²) in [4.78, 5) is 0. The van der Waals surface area contributed by atoms with Gasteiger partial charge < -0.3 is 9.47 Å². The molecule has 2 N–H and O–H groups in total. The van der Waals surface area contributed by atoms with Crippen LogP contribution in [-0.2, 0) is 23.1 Å². The third-order valence-corrected chi connectivity index (χ3v) is 4.00. The number of hydrogen-bond acceptors (Lipinski definition) is 5. The Morgan fingerprint density at radius 2 is 1.33 bits per heavy atom. The Bertz CT molecular complexity index is 263. The Morgan fingerprint density at radius 1 is 0.952 bits per heavy atom. The quantitative estimate of drug-likeness (QED) is 0.376. The van der Waals surface area contributed by atoms with Crippen LogP contribution in [0, 0.1) is 0 Å². The van der Waals surface area contributed by atoms with E-state index in [0.717, 1.165) is 0 Å². The van der Waals surface area contributed by atoms with Crippen LogP contribution in [0.15, 0.2) is 0 Å². The third-order valence-electron chi connectivity index (χ3n) is 2.55. The summed E-state index contributed by atoms with van der Waals surface area (Å²) >= 11 is 11.3.